The van der Waals surface area contributed by atoms with Gasteiger partial charge in [0.15, 0.2) is 11.9 Å². The number of hydrogen-bond acceptors (Lipinski definition) is 5. The Morgan fingerprint density at radius 3 is 2.20 bits per heavy atom. The summed E-state index contributed by atoms with van der Waals surface area (Å²) in [6.07, 6.45) is 4.94. The maximum absolute atomic E-state index is 12.7. The van der Waals surface area contributed by atoms with Gasteiger partial charge in [0, 0.05) is 19.5 Å². The van der Waals surface area contributed by atoms with Crippen LogP contribution in [0.4, 0.5) is 0 Å². The van der Waals surface area contributed by atoms with Crippen LogP contribution in [0.5, 0.6) is 0 Å². The van der Waals surface area contributed by atoms with Gasteiger partial charge in [-0.25, -0.2) is 13.2 Å². The third-order valence-electron chi connectivity index (χ3n) is 4.79. The lowest BCUT2D eigenvalue weighted by molar-refractivity contribution is -0.124. The van der Waals surface area contributed by atoms with Crippen LogP contribution in [0.1, 0.15) is 55.3 Å². The molecule has 0 aromatic heterocycles. The molecule has 0 radical (unpaired) electrons. The van der Waals surface area contributed by atoms with Crippen LogP contribution in [-0.2, 0) is 19.6 Å². The van der Waals surface area contributed by atoms with Crippen molar-refractivity contribution in [2.75, 3.05) is 13.1 Å². The first-order valence-electron chi connectivity index (χ1n) is 8.82. The van der Waals surface area contributed by atoms with E-state index >= 15 is 0 Å². The summed E-state index contributed by atoms with van der Waals surface area (Å²) in [6.45, 7) is 1.08. The molecule has 1 atom stereocenters. The Balaban J connectivity index is 1.70. The first-order valence-corrected chi connectivity index (χ1v) is 10.3. The van der Waals surface area contributed by atoms with Crippen LogP contribution >= 0.6 is 0 Å². The normalized spacial score (nSPS) is 22.6. The topological polar surface area (TPSA) is 80.8 Å². The molecule has 0 amide bonds. The quantitative estimate of drug-likeness (QED) is 0.766. The highest BCUT2D eigenvalue weighted by Crippen LogP contribution is 2.22. The number of ether oxygens (including phenoxy) is 1. The van der Waals surface area contributed by atoms with Gasteiger partial charge >= 0.3 is 5.97 Å². The average molecular weight is 365 g/mol. The van der Waals surface area contributed by atoms with Crippen molar-refractivity contribution in [1.82, 2.24) is 4.31 Å². The van der Waals surface area contributed by atoms with E-state index in [0.29, 0.717) is 25.9 Å². The van der Waals surface area contributed by atoms with Gasteiger partial charge in [-0.2, -0.15) is 4.31 Å². The summed E-state index contributed by atoms with van der Waals surface area (Å²) >= 11 is 0. The number of Topliss-reactive ketones (excluding diaryl/α,β-unsaturated/α-hetero) is 1. The molecule has 1 saturated carbocycles. The number of carbonyl (C=O) groups is 2. The number of rotatable bonds is 4. The summed E-state index contributed by atoms with van der Waals surface area (Å²) in [5, 5.41) is 0. The molecule has 0 bridgehead atoms. The van der Waals surface area contributed by atoms with Crippen molar-refractivity contribution in [1.29, 1.82) is 0 Å². The van der Waals surface area contributed by atoms with Gasteiger partial charge < -0.3 is 4.74 Å². The zero-order valence-corrected chi connectivity index (χ0v) is 15.0. The number of sulfonamides is 1. The highest BCUT2D eigenvalue weighted by atomic mass is 32.2. The fourth-order valence-electron chi connectivity index (χ4n) is 3.30. The van der Waals surface area contributed by atoms with Gasteiger partial charge in [0.05, 0.1) is 10.5 Å². The molecule has 1 saturated heterocycles. The van der Waals surface area contributed by atoms with Crippen LogP contribution in [0.2, 0.25) is 0 Å². The second kappa shape index (κ2) is 7.66. The lowest BCUT2D eigenvalue weighted by atomic mass is 10.2. The Kier molecular flexibility index (Phi) is 5.54. The monoisotopic (exact) mass is 365 g/mol. The number of hydrogen-bond donors (Lipinski definition) is 0. The van der Waals surface area contributed by atoms with E-state index in [-0.39, 0.29) is 16.2 Å². The van der Waals surface area contributed by atoms with Gasteiger partial charge in [-0.1, -0.05) is 12.8 Å². The highest BCUT2D eigenvalue weighted by Gasteiger charge is 2.29. The first-order chi connectivity index (χ1) is 12.0. The number of nitrogens with zero attached hydrogens (tertiary/aromatic N) is 1. The molecule has 1 aromatic rings. The zero-order chi connectivity index (χ0) is 17.9. The summed E-state index contributed by atoms with van der Waals surface area (Å²) in [6, 6.07) is 5.78. The minimum atomic E-state index is -3.53. The van der Waals surface area contributed by atoms with Crippen LogP contribution in [0, 0.1) is 0 Å². The van der Waals surface area contributed by atoms with Crippen molar-refractivity contribution in [3.8, 4) is 0 Å². The molecule has 1 heterocycles. The van der Waals surface area contributed by atoms with Crippen molar-refractivity contribution in [3.63, 3.8) is 0 Å². The summed E-state index contributed by atoms with van der Waals surface area (Å²) in [4.78, 5) is 23.9. The Labute approximate surface area is 148 Å². The van der Waals surface area contributed by atoms with E-state index in [4.69, 9.17) is 4.74 Å². The molecule has 0 unspecified atom stereocenters. The number of ketones is 1. The third-order valence-corrected chi connectivity index (χ3v) is 6.70. The molecule has 1 aromatic carbocycles. The van der Waals surface area contributed by atoms with Gasteiger partial charge in [0.25, 0.3) is 0 Å². The van der Waals surface area contributed by atoms with Gasteiger partial charge in [-0.15, -0.1) is 0 Å². The second-order valence-electron chi connectivity index (χ2n) is 6.60. The molecule has 3 rings (SSSR count). The van der Waals surface area contributed by atoms with E-state index in [1.165, 1.54) is 28.6 Å². The molecule has 25 heavy (non-hydrogen) atoms. The van der Waals surface area contributed by atoms with Crippen LogP contribution < -0.4 is 0 Å². The Morgan fingerprint density at radius 1 is 1.00 bits per heavy atom. The van der Waals surface area contributed by atoms with Gasteiger partial charge in [-0.3, -0.25) is 4.79 Å². The molecule has 2 aliphatic rings. The third kappa shape index (κ3) is 4.10. The van der Waals surface area contributed by atoms with E-state index in [9.17, 15) is 18.0 Å². The van der Waals surface area contributed by atoms with Gasteiger partial charge in [0.1, 0.15) is 0 Å². The SMILES string of the molecule is O=C(O[C@H]1CCCC1=O)c1ccc(S(=O)(=O)N2CCCCCC2)cc1. The van der Waals surface area contributed by atoms with Crippen LogP contribution in [0.25, 0.3) is 0 Å². The predicted octanol–water partition coefficient (Wildman–Crippen LogP) is 2.53. The Bertz CT molecular complexity index is 733. The smallest absolute Gasteiger partial charge is 0.338 e. The second-order valence-corrected chi connectivity index (χ2v) is 8.53. The maximum Gasteiger partial charge on any atom is 0.338 e. The van der Waals surface area contributed by atoms with Gasteiger partial charge in [-0.05, 0) is 49.9 Å². The summed E-state index contributed by atoms with van der Waals surface area (Å²) in [7, 11) is -3.53. The lowest BCUT2D eigenvalue weighted by Gasteiger charge is -2.20. The molecule has 136 valence electrons. The number of benzene rings is 1. The molecule has 0 spiro atoms. The number of carbonyl (C=O) groups excluding carboxylic acids is 2. The minimum Gasteiger partial charge on any atom is -0.451 e. The standard InChI is InChI=1S/C18H23NO5S/c20-16-6-5-7-17(16)24-18(21)14-8-10-15(11-9-14)25(22,23)19-12-3-1-2-4-13-19/h8-11,17H,1-7,12-13H2/t17-/m0/s1. The van der Waals surface area contributed by atoms with Crippen molar-refractivity contribution < 1.29 is 22.7 Å². The van der Waals surface area contributed by atoms with Crippen molar-refractivity contribution in [3.05, 3.63) is 29.8 Å². The Hall–Kier alpha value is -1.73. The fourth-order valence-corrected chi connectivity index (χ4v) is 4.82. The van der Waals surface area contributed by atoms with Crippen molar-refractivity contribution in [2.24, 2.45) is 0 Å². The van der Waals surface area contributed by atoms with Crippen LogP contribution in [0.3, 0.4) is 0 Å². The van der Waals surface area contributed by atoms with Crippen LogP contribution in [0.15, 0.2) is 29.2 Å². The summed E-state index contributed by atoms with van der Waals surface area (Å²) in [5.41, 5.74) is 0.259. The van der Waals surface area contributed by atoms with E-state index in [1.54, 1.807) is 0 Å². The molecular weight excluding hydrogens is 342 g/mol. The van der Waals surface area contributed by atoms with Gasteiger partial charge in [0.2, 0.25) is 10.0 Å². The Morgan fingerprint density at radius 2 is 1.64 bits per heavy atom. The van der Waals surface area contributed by atoms with E-state index < -0.39 is 22.1 Å². The van der Waals surface area contributed by atoms with E-state index in [0.717, 1.165) is 32.1 Å². The largest absolute Gasteiger partial charge is 0.451 e. The predicted molar refractivity (Wildman–Crippen MR) is 91.7 cm³/mol. The molecule has 1 aliphatic carbocycles. The van der Waals surface area contributed by atoms with Crippen molar-refractivity contribution >= 4 is 21.8 Å². The van der Waals surface area contributed by atoms with Crippen LogP contribution in [-0.4, -0.2) is 43.7 Å². The van der Waals surface area contributed by atoms with E-state index in [2.05, 4.69) is 0 Å². The molecule has 6 nitrogen and oxygen atoms in total. The lowest BCUT2D eigenvalue weighted by Crippen LogP contribution is -2.32. The fraction of sp³-hybridized carbons (Fsp3) is 0.556. The maximum atomic E-state index is 12.7. The summed E-state index contributed by atoms with van der Waals surface area (Å²) in [5.74, 6) is -0.632. The zero-order valence-electron chi connectivity index (χ0n) is 14.1. The molecule has 1 aliphatic heterocycles. The molecular formula is C18H23NO5S. The van der Waals surface area contributed by atoms with Crippen molar-refractivity contribution in [2.45, 2.75) is 55.9 Å². The summed E-state index contributed by atoms with van der Waals surface area (Å²) < 4.78 is 32.2. The molecule has 0 N–H and O–H groups in total. The first kappa shape index (κ1) is 18.1. The number of esters is 1. The molecule has 2 fully saturated rings. The van der Waals surface area contributed by atoms with E-state index in [1.807, 2.05) is 0 Å². The highest BCUT2D eigenvalue weighted by molar-refractivity contribution is 7.89. The minimum absolute atomic E-state index is 0.0475. The average Bonchev–Trinajstić information content (AvgIpc) is 2.85. The molecule has 7 heteroatoms.